The van der Waals surface area contributed by atoms with E-state index in [1.165, 1.54) is 32.1 Å². The molecule has 1 N–H and O–H groups in total. The van der Waals surface area contributed by atoms with Gasteiger partial charge in [-0.25, -0.2) is 0 Å². The molecule has 1 aliphatic heterocycles. The summed E-state index contributed by atoms with van der Waals surface area (Å²) in [7, 11) is 0. The number of aliphatic carboxylic acids is 1. The third-order valence-electron chi connectivity index (χ3n) is 5.20. The molecule has 0 radical (unpaired) electrons. The average molecular weight is 265 g/mol. The molecule has 0 aromatic heterocycles. The number of hydrogen-bond donors (Lipinski definition) is 1. The van der Waals surface area contributed by atoms with E-state index < -0.39 is 11.9 Å². The van der Waals surface area contributed by atoms with Crippen molar-refractivity contribution in [1.29, 1.82) is 0 Å². The first-order chi connectivity index (χ1) is 9.18. The van der Waals surface area contributed by atoms with Gasteiger partial charge in [0.15, 0.2) is 0 Å². The average Bonchev–Trinajstić information content (AvgIpc) is 3.08. The van der Waals surface area contributed by atoms with Crippen LogP contribution in [0, 0.1) is 17.8 Å². The summed E-state index contributed by atoms with van der Waals surface area (Å²) in [6, 6.07) is 0.405. The Morgan fingerprint density at radius 2 is 1.68 bits per heavy atom. The predicted molar refractivity (Wildman–Crippen MR) is 70.5 cm³/mol. The molecular formula is C15H23NO3. The molecule has 3 aliphatic rings. The van der Waals surface area contributed by atoms with Crippen molar-refractivity contribution in [2.24, 2.45) is 17.8 Å². The number of likely N-dealkylation sites (tertiary alicyclic amines) is 1. The minimum Gasteiger partial charge on any atom is -0.481 e. The monoisotopic (exact) mass is 265 g/mol. The maximum atomic E-state index is 12.4. The standard InChI is InChI=1S/C15H23NO3/c17-14(11-9-12(11)15(18)19)16-8-4-7-13(16)10-5-2-1-3-6-10/h10-13H,1-9H2,(H,18,19)/t11-,12+,13?/m1/s1. The Balaban J connectivity index is 1.63. The molecule has 4 nitrogen and oxygen atoms in total. The number of carboxylic acid groups (broad SMARTS) is 1. The summed E-state index contributed by atoms with van der Waals surface area (Å²) in [5.74, 6) is -0.628. The molecule has 1 saturated heterocycles. The highest BCUT2D eigenvalue weighted by molar-refractivity contribution is 5.89. The van der Waals surface area contributed by atoms with Gasteiger partial charge in [-0.2, -0.15) is 0 Å². The smallest absolute Gasteiger partial charge is 0.307 e. The minimum absolute atomic E-state index is 0.125. The van der Waals surface area contributed by atoms with Gasteiger partial charge in [-0.05, 0) is 38.0 Å². The zero-order valence-electron chi connectivity index (χ0n) is 11.4. The van der Waals surface area contributed by atoms with E-state index in [1.807, 2.05) is 4.90 Å². The molecule has 4 heteroatoms. The molecule has 0 aromatic carbocycles. The SMILES string of the molecule is O=C(O)[C@H]1C[C@H]1C(=O)N1CCCC1C1CCCCC1. The third kappa shape index (κ3) is 2.49. The van der Waals surface area contributed by atoms with Crippen LogP contribution in [0.4, 0.5) is 0 Å². The van der Waals surface area contributed by atoms with E-state index in [0.717, 1.165) is 19.4 Å². The largest absolute Gasteiger partial charge is 0.481 e. The van der Waals surface area contributed by atoms with E-state index in [1.54, 1.807) is 0 Å². The van der Waals surface area contributed by atoms with Gasteiger partial charge < -0.3 is 10.0 Å². The summed E-state index contributed by atoms with van der Waals surface area (Å²) in [6.45, 7) is 0.850. The molecule has 2 aliphatic carbocycles. The second-order valence-electron chi connectivity index (χ2n) is 6.43. The minimum atomic E-state index is -0.799. The number of amides is 1. The Labute approximate surface area is 114 Å². The molecule has 3 fully saturated rings. The summed E-state index contributed by atoms with van der Waals surface area (Å²) < 4.78 is 0. The molecule has 0 aromatic rings. The predicted octanol–water partition coefficient (Wildman–Crippen LogP) is 2.28. The molecule has 0 spiro atoms. The van der Waals surface area contributed by atoms with Crippen molar-refractivity contribution in [3.05, 3.63) is 0 Å². The quantitative estimate of drug-likeness (QED) is 0.851. The zero-order valence-corrected chi connectivity index (χ0v) is 11.4. The number of rotatable bonds is 3. The topological polar surface area (TPSA) is 57.6 Å². The van der Waals surface area contributed by atoms with Crippen LogP contribution in [0.3, 0.4) is 0 Å². The van der Waals surface area contributed by atoms with E-state index in [9.17, 15) is 9.59 Å². The van der Waals surface area contributed by atoms with Crippen LogP contribution in [0.5, 0.6) is 0 Å². The third-order valence-corrected chi connectivity index (χ3v) is 5.20. The van der Waals surface area contributed by atoms with Crippen LogP contribution in [0.1, 0.15) is 51.4 Å². The van der Waals surface area contributed by atoms with Crippen molar-refractivity contribution >= 4 is 11.9 Å². The second kappa shape index (κ2) is 5.14. The van der Waals surface area contributed by atoms with E-state index in [4.69, 9.17) is 5.11 Å². The zero-order chi connectivity index (χ0) is 13.4. The van der Waals surface area contributed by atoms with Crippen LogP contribution in [0.15, 0.2) is 0 Å². The van der Waals surface area contributed by atoms with Crippen LogP contribution in [-0.2, 0) is 9.59 Å². The molecule has 19 heavy (non-hydrogen) atoms. The summed E-state index contributed by atoms with van der Waals surface area (Å²) in [5.41, 5.74) is 0. The van der Waals surface area contributed by atoms with Gasteiger partial charge in [0, 0.05) is 12.6 Å². The molecule has 3 atom stereocenters. The molecular weight excluding hydrogens is 242 g/mol. The first kappa shape index (κ1) is 12.9. The fourth-order valence-corrected chi connectivity index (χ4v) is 4.03. The maximum Gasteiger partial charge on any atom is 0.307 e. The fraction of sp³-hybridized carbons (Fsp3) is 0.867. The summed E-state index contributed by atoms with van der Waals surface area (Å²) in [4.78, 5) is 25.4. The lowest BCUT2D eigenvalue weighted by Crippen LogP contribution is -2.42. The van der Waals surface area contributed by atoms with Crippen molar-refractivity contribution < 1.29 is 14.7 Å². The molecule has 3 rings (SSSR count). The van der Waals surface area contributed by atoms with Crippen LogP contribution in [0.25, 0.3) is 0 Å². The van der Waals surface area contributed by atoms with Crippen LogP contribution < -0.4 is 0 Å². The molecule has 106 valence electrons. The van der Waals surface area contributed by atoms with Crippen molar-refractivity contribution in [2.75, 3.05) is 6.54 Å². The van der Waals surface area contributed by atoms with Crippen molar-refractivity contribution in [1.82, 2.24) is 4.90 Å². The first-order valence-corrected chi connectivity index (χ1v) is 7.72. The lowest BCUT2D eigenvalue weighted by Gasteiger charge is -2.34. The van der Waals surface area contributed by atoms with Crippen LogP contribution >= 0.6 is 0 Å². The van der Waals surface area contributed by atoms with E-state index in [-0.39, 0.29) is 11.8 Å². The first-order valence-electron chi connectivity index (χ1n) is 7.72. The number of carboxylic acids is 1. The van der Waals surface area contributed by atoms with Crippen molar-refractivity contribution in [3.63, 3.8) is 0 Å². The Morgan fingerprint density at radius 3 is 2.32 bits per heavy atom. The number of carbonyl (C=O) groups is 2. The lowest BCUT2D eigenvalue weighted by atomic mass is 9.83. The fourth-order valence-electron chi connectivity index (χ4n) is 4.03. The Bertz CT molecular complexity index is 376. The van der Waals surface area contributed by atoms with Gasteiger partial charge in [0.05, 0.1) is 11.8 Å². The van der Waals surface area contributed by atoms with Crippen molar-refractivity contribution in [3.8, 4) is 0 Å². The number of carbonyl (C=O) groups excluding carboxylic acids is 1. The maximum absolute atomic E-state index is 12.4. The molecule has 1 amide bonds. The van der Waals surface area contributed by atoms with Gasteiger partial charge in [-0.1, -0.05) is 19.3 Å². The van der Waals surface area contributed by atoms with E-state index >= 15 is 0 Å². The van der Waals surface area contributed by atoms with Crippen molar-refractivity contribution in [2.45, 2.75) is 57.4 Å². The van der Waals surface area contributed by atoms with E-state index in [2.05, 4.69) is 0 Å². The summed E-state index contributed by atoms with van der Waals surface area (Å²) in [6.07, 6.45) is 9.21. The highest BCUT2D eigenvalue weighted by Crippen LogP contribution is 2.43. The molecule has 1 unspecified atom stereocenters. The van der Waals surface area contributed by atoms with Gasteiger partial charge in [-0.3, -0.25) is 9.59 Å². The molecule has 0 bridgehead atoms. The number of nitrogens with zero attached hydrogens (tertiary/aromatic N) is 1. The summed E-state index contributed by atoms with van der Waals surface area (Å²) in [5, 5.41) is 8.96. The number of hydrogen-bond acceptors (Lipinski definition) is 2. The van der Waals surface area contributed by atoms with Crippen LogP contribution in [-0.4, -0.2) is 34.5 Å². The highest BCUT2D eigenvalue weighted by Gasteiger charge is 2.51. The normalized spacial score (nSPS) is 35.4. The highest BCUT2D eigenvalue weighted by atomic mass is 16.4. The molecule has 1 heterocycles. The lowest BCUT2D eigenvalue weighted by molar-refractivity contribution is -0.142. The molecule has 2 saturated carbocycles. The van der Waals surface area contributed by atoms with Crippen LogP contribution in [0.2, 0.25) is 0 Å². The van der Waals surface area contributed by atoms with Gasteiger partial charge in [0.25, 0.3) is 0 Å². The van der Waals surface area contributed by atoms with Gasteiger partial charge >= 0.3 is 5.97 Å². The summed E-state index contributed by atoms with van der Waals surface area (Å²) >= 11 is 0. The van der Waals surface area contributed by atoms with Gasteiger partial charge in [0.1, 0.15) is 0 Å². The second-order valence-corrected chi connectivity index (χ2v) is 6.43. The van der Waals surface area contributed by atoms with Gasteiger partial charge in [-0.15, -0.1) is 0 Å². The Morgan fingerprint density at radius 1 is 0.947 bits per heavy atom. The Hall–Kier alpha value is -1.06. The Kier molecular flexibility index (Phi) is 3.50. The van der Waals surface area contributed by atoms with Gasteiger partial charge in [0.2, 0.25) is 5.91 Å². The van der Waals surface area contributed by atoms with E-state index in [0.29, 0.717) is 18.4 Å².